The van der Waals surface area contributed by atoms with Crippen molar-refractivity contribution in [1.29, 1.82) is 0 Å². The van der Waals surface area contributed by atoms with E-state index in [1.165, 1.54) is 23.1 Å². The first-order valence-electron chi connectivity index (χ1n) is 11.2. The number of carbonyl (C=O) groups is 4. The second-order valence-electron chi connectivity index (χ2n) is 8.06. The van der Waals surface area contributed by atoms with Gasteiger partial charge in [0, 0.05) is 11.7 Å². The number of amides is 3. The molecule has 35 heavy (non-hydrogen) atoms. The van der Waals surface area contributed by atoms with Gasteiger partial charge in [0.2, 0.25) is 0 Å². The first kappa shape index (κ1) is 23.7. The molecule has 3 aromatic rings. The summed E-state index contributed by atoms with van der Waals surface area (Å²) in [6, 6.07) is 20.0. The zero-order valence-electron chi connectivity index (χ0n) is 19.3. The molecule has 8 nitrogen and oxygen atoms in total. The number of benzene rings is 3. The average molecular weight is 472 g/mol. The fourth-order valence-electron chi connectivity index (χ4n) is 3.61. The van der Waals surface area contributed by atoms with Gasteiger partial charge in [-0.1, -0.05) is 25.1 Å². The van der Waals surface area contributed by atoms with Crippen LogP contribution in [0.25, 0.3) is 0 Å². The van der Waals surface area contributed by atoms with E-state index in [0.29, 0.717) is 23.6 Å². The molecule has 1 N–H and O–H groups in total. The largest absolute Gasteiger partial charge is 0.457 e. The van der Waals surface area contributed by atoms with Crippen molar-refractivity contribution < 1.29 is 28.7 Å². The monoisotopic (exact) mass is 472 g/mol. The number of fused-ring (bicyclic) bond motifs is 1. The van der Waals surface area contributed by atoms with Gasteiger partial charge >= 0.3 is 5.97 Å². The molecule has 178 valence electrons. The van der Waals surface area contributed by atoms with Crippen LogP contribution in [0.1, 0.15) is 51.3 Å². The number of ether oxygens (including phenoxy) is 2. The molecule has 0 radical (unpaired) electrons. The lowest BCUT2D eigenvalue weighted by Gasteiger charge is -2.20. The van der Waals surface area contributed by atoms with Gasteiger partial charge in [0.15, 0.2) is 6.61 Å². The molecule has 0 saturated carbocycles. The molecule has 0 saturated heterocycles. The van der Waals surface area contributed by atoms with E-state index < -0.39 is 24.4 Å². The Morgan fingerprint density at radius 1 is 0.886 bits per heavy atom. The third kappa shape index (κ3) is 5.22. The van der Waals surface area contributed by atoms with E-state index in [0.717, 1.165) is 0 Å². The van der Waals surface area contributed by atoms with Gasteiger partial charge in [-0.15, -0.1) is 0 Å². The predicted octanol–water partition coefficient (Wildman–Crippen LogP) is 4.67. The van der Waals surface area contributed by atoms with Crippen molar-refractivity contribution in [2.45, 2.75) is 26.3 Å². The molecule has 8 heteroatoms. The van der Waals surface area contributed by atoms with Crippen LogP contribution >= 0.6 is 0 Å². The molecular weight excluding hydrogens is 448 g/mol. The highest BCUT2D eigenvalue weighted by atomic mass is 16.5. The maximum absolute atomic E-state index is 12.7. The van der Waals surface area contributed by atoms with Gasteiger partial charge in [-0.3, -0.25) is 19.3 Å². The Bertz CT molecular complexity index is 1270. The van der Waals surface area contributed by atoms with Crippen LogP contribution in [-0.4, -0.2) is 41.2 Å². The number of rotatable bonds is 8. The second kappa shape index (κ2) is 10.2. The Balaban J connectivity index is 1.32. The number of imide groups is 1. The summed E-state index contributed by atoms with van der Waals surface area (Å²) in [5.41, 5.74) is 1.01. The Morgan fingerprint density at radius 3 is 2.23 bits per heavy atom. The van der Waals surface area contributed by atoms with E-state index in [4.69, 9.17) is 9.47 Å². The van der Waals surface area contributed by atoms with Crippen molar-refractivity contribution in [2.24, 2.45) is 0 Å². The topological polar surface area (TPSA) is 102 Å². The summed E-state index contributed by atoms with van der Waals surface area (Å²) in [5, 5.41) is 2.64. The molecular formula is C27H24N2O6. The SMILES string of the molecule is CCC(C)N1C(=O)c2ccc(C(=O)OCC(=O)Nc3ccc(Oc4ccccc4)cc3)cc2C1=O. The molecule has 1 heterocycles. The minimum atomic E-state index is -0.767. The highest BCUT2D eigenvalue weighted by Gasteiger charge is 2.38. The van der Waals surface area contributed by atoms with Crippen LogP contribution in [-0.2, 0) is 9.53 Å². The lowest BCUT2D eigenvalue weighted by Crippen LogP contribution is -2.37. The summed E-state index contributed by atoms with van der Waals surface area (Å²) in [7, 11) is 0. The maximum Gasteiger partial charge on any atom is 0.338 e. The Labute approximate surface area is 202 Å². The first-order valence-corrected chi connectivity index (χ1v) is 11.2. The third-order valence-electron chi connectivity index (χ3n) is 5.64. The van der Waals surface area contributed by atoms with Gasteiger partial charge in [0.05, 0.1) is 16.7 Å². The zero-order chi connectivity index (χ0) is 24.9. The van der Waals surface area contributed by atoms with E-state index >= 15 is 0 Å². The van der Waals surface area contributed by atoms with Crippen molar-refractivity contribution >= 4 is 29.4 Å². The van der Waals surface area contributed by atoms with Crippen molar-refractivity contribution in [2.75, 3.05) is 11.9 Å². The van der Waals surface area contributed by atoms with Gasteiger partial charge in [0.1, 0.15) is 11.5 Å². The Kier molecular flexibility index (Phi) is 6.91. The summed E-state index contributed by atoms with van der Waals surface area (Å²) < 4.78 is 10.8. The smallest absolute Gasteiger partial charge is 0.338 e. The zero-order valence-corrected chi connectivity index (χ0v) is 19.3. The van der Waals surface area contributed by atoms with Crippen molar-refractivity contribution in [1.82, 2.24) is 4.90 Å². The van der Waals surface area contributed by atoms with Crippen LogP contribution in [0.15, 0.2) is 72.8 Å². The van der Waals surface area contributed by atoms with Crippen molar-refractivity contribution in [3.63, 3.8) is 0 Å². The summed E-state index contributed by atoms with van der Waals surface area (Å²) in [4.78, 5) is 51.1. The molecule has 0 aromatic heterocycles. The van der Waals surface area contributed by atoms with Gasteiger partial charge < -0.3 is 14.8 Å². The number of anilines is 1. The van der Waals surface area contributed by atoms with E-state index in [1.807, 2.05) is 37.3 Å². The molecule has 1 aliphatic rings. The van der Waals surface area contributed by atoms with Gasteiger partial charge in [-0.25, -0.2) is 4.79 Å². The molecule has 1 unspecified atom stereocenters. The van der Waals surface area contributed by atoms with Gasteiger partial charge in [-0.2, -0.15) is 0 Å². The van der Waals surface area contributed by atoms with E-state index in [9.17, 15) is 19.2 Å². The molecule has 0 fully saturated rings. The third-order valence-corrected chi connectivity index (χ3v) is 5.64. The van der Waals surface area contributed by atoms with E-state index in [-0.39, 0.29) is 28.6 Å². The standard InChI is InChI=1S/C27H24N2O6/c1-3-17(2)29-25(31)22-14-9-18(15-23(22)26(29)32)27(33)34-16-24(30)28-19-10-12-21(13-11-19)35-20-7-5-4-6-8-20/h4-15,17H,3,16H2,1-2H3,(H,28,30). The van der Waals surface area contributed by atoms with Gasteiger partial charge in [-0.05, 0) is 67.9 Å². The molecule has 1 aliphatic heterocycles. The normalized spacial score (nSPS) is 13.3. The van der Waals surface area contributed by atoms with Gasteiger partial charge in [0.25, 0.3) is 17.7 Å². The Morgan fingerprint density at radius 2 is 1.54 bits per heavy atom. The minimum Gasteiger partial charge on any atom is -0.457 e. The molecule has 0 aliphatic carbocycles. The van der Waals surface area contributed by atoms with Crippen LogP contribution in [0, 0.1) is 0 Å². The second-order valence-corrected chi connectivity index (χ2v) is 8.06. The van der Waals surface area contributed by atoms with E-state index in [1.54, 1.807) is 31.2 Å². The number of hydrogen-bond acceptors (Lipinski definition) is 6. The Hall–Kier alpha value is -4.46. The molecule has 4 rings (SSSR count). The highest BCUT2D eigenvalue weighted by molar-refractivity contribution is 6.22. The first-order chi connectivity index (χ1) is 16.9. The fourth-order valence-corrected chi connectivity index (χ4v) is 3.61. The van der Waals surface area contributed by atoms with Crippen molar-refractivity contribution in [3.05, 3.63) is 89.5 Å². The maximum atomic E-state index is 12.7. The summed E-state index contributed by atoms with van der Waals surface area (Å²) in [6.07, 6.45) is 0.623. The summed E-state index contributed by atoms with van der Waals surface area (Å²) in [6.45, 7) is 3.16. The van der Waals surface area contributed by atoms with Crippen LogP contribution in [0.3, 0.4) is 0 Å². The van der Waals surface area contributed by atoms with Crippen LogP contribution < -0.4 is 10.1 Å². The summed E-state index contributed by atoms with van der Waals surface area (Å²) in [5.74, 6) is -0.800. The predicted molar refractivity (Wildman–Crippen MR) is 129 cm³/mol. The van der Waals surface area contributed by atoms with Crippen molar-refractivity contribution in [3.8, 4) is 11.5 Å². The fraction of sp³-hybridized carbons (Fsp3) is 0.185. The number of para-hydroxylation sites is 1. The van der Waals surface area contributed by atoms with Crippen LogP contribution in [0.4, 0.5) is 5.69 Å². The van der Waals surface area contributed by atoms with E-state index in [2.05, 4.69) is 5.32 Å². The lowest BCUT2D eigenvalue weighted by molar-refractivity contribution is -0.119. The quantitative estimate of drug-likeness (QED) is 0.378. The molecule has 0 bridgehead atoms. The molecule has 0 spiro atoms. The number of esters is 1. The number of carbonyl (C=O) groups excluding carboxylic acids is 4. The minimum absolute atomic E-state index is 0.0890. The summed E-state index contributed by atoms with van der Waals surface area (Å²) >= 11 is 0. The molecule has 3 aromatic carbocycles. The average Bonchev–Trinajstić information content (AvgIpc) is 3.13. The highest BCUT2D eigenvalue weighted by Crippen LogP contribution is 2.27. The molecule has 1 atom stereocenters. The number of nitrogens with one attached hydrogen (secondary N) is 1. The van der Waals surface area contributed by atoms with Crippen LogP contribution in [0.2, 0.25) is 0 Å². The lowest BCUT2D eigenvalue weighted by atomic mass is 10.1. The number of nitrogens with zero attached hydrogens (tertiary/aromatic N) is 1. The van der Waals surface area contributed by atoms with Crippen LogP contribution in [0.5, 0.6) is 11.5 Å². The number of hydrogen-bond donors (Lipinski definition) is 1. The molecule has 3 amide bonds.